The molecule has 84 valence electrons. The first-order valence-electron chi connectivity index (χ1n) is 5.81. The maximum Gasteiger partial charge on any atom is 0.0333 e. The number of unbranched alkanes of at least 4 members (excludes halogenated alkanes) is 2. The van der Waals surface area contributed by atoms with Gasteiger partial charge < -0.3 is 5.32 Å². The first-order chi connectivity index (χ1) is 6.45. The number of likely N-dealkylation sites (N-methyl/N-ethyl adjacent to an activating group) is 1. The van der Waals surface area contributed by atoms with E-state index in [1.807, 2.05) is 7.05 Å². The molecule has 0 heterocycles. The average molecular weight is 197 g/mol. The molecule has 1 nitrogen and oxygen atoms in total. The van der Waals surface area contributed by atoms with Crippen LogP contribution in [0.15, 0.2) is 11.1 Å². The highest BCUT2D eigenvalue weighted by Gasteiger charge is 2.18. The van der Waals surface area contributed by atoms with Crippen LogP contribution in [0.4, 0.5) is 0 Å². The molecule has 0 fully saturated rings. The van der Waals surface area contributed by atoms with E-state index in [-0.39, 0.29) is 5.54 Å². The topological polar surface area (TPSA) is 12.0 Å². The van der Waals surface area contributed by atoms with Gasteiger partial charge in [-0.3, -0.25) is 0 Å². The third-order valence-electron chi connectivity index (χ3n) is 3.36. The summed E-state index contributed by atoms with van der Waals surface area (Å²) in [4.78, 5) is 0. The van der Waals surface area contributed by atoms with Crippen LogP contribution in [0.25, 0.3) is 0 Å². The molecule has 14 heavy (non-hydrogen) atoms. The van der Waals surface area contributed by atoms with Gasteiger partial charge in [-0.2, -0.15) is 0 Å². The fourth-order valence-corrected chi connectivity index (χ4v) is 1.55. The summed E-state index contributed by atoms with van der Waals surface area (Å²) in [6.07, 6.45) is 5.25. The molecule has 0 rings (SSSR count). The van der Waals surface area contributed by atoms with Gasteiger partial charge in [-0.25, -0.2) is 0 Å². The van der Waals surface area contributed by atoms with Crippen molar-refractivity contribution in [2.75, 3.05) is 7.05 Å². The summed E-state index contributed by atoms with van der Waals surface area (Å²) in [7, 11) is 2.03. The lowest BCUT2D eigenvalue weighted by molar-refractivity contribution is 0.489. The molecule has 0 aliphatic heterocycles. The second-order valence-corrected chi connectivity index (χ2v) is 4.74. The van der Waals surface area contributed by atoms with Gasteiger partial charge in [0.05, 0.1) is 0 Å². The quantitative estimate of drug-likeness (QED) is 0.503. The molecule has 1 heteroatoms. The fraction of sp³-hybridized carbons (Fsp3) is 0.846. The molecule has 0 saturated carbocycles. The van der Waals surface area contributed by atoms with Gasteiger partial charge in [0.15, 0.2) is 0 Å². The number of hydrogen-bond acceptors (Lipinski definition) is 1. The van der Waals surface area contributed by atoms with Crippen LogP contribution in [0, 0.1) is 0 Å². The number of rotatable bonds is 6. The van der Waals surface area contributed by atoms with Crippen molar-refractivity contribution >= 4 is 0 Å². The lowest BCUT2D eigenvalue weighted by atomic mass is 9.90. The molecule has 0 unspecified atom stereocenters. The van der Waals surface area contributed by atoms with Crippen LogP contribution < -0.4 is 5.32 Å². The SMILES string of the molecule is CCCCCC(C)=C(C)C(C)(C)NC. The van der Waals surface area contributed by atoms with E-state index in [9.17, 15) is 0 Å². The summed E-state index contributed by atoms with van der Waals surface area (Å²) < 4.78 is 0. The van der Waals surface area contributed by atoms with E-state index in [4.69, 9.17) is 0 Å². The Hall–Kier alpha value is -0.300. The van der Waals surface area contributed by atoms with Gasteiger partial charge >= 0.3 is 0 Å². The van der Waals surface area contributed by atoms with Crippen molar-refractivity contribution in [1.82, 2.24) is 5.32 Å². The first kappa shape index (κ1) is 13.7. The second kappa shape index (κ2) is 6.23. The highest BCUT2D eigenvalue weighted by molar-refractivity contribution is 5.20. The van der Waals surface area contributed by atoms with E-state index in [1.165, 1.54) is 31.3 Å². The summed E-state index contributed by atoms with van der Waals surface area (Å²) in [6.45, 7) is 11.3. The summed E-state index contributed by atoms with van der Waals surface area (Å²) in [6, 6.07) is 0. The van der Waals surface area contributed by atoms with E-state index >= 15 is 0 Å². The predicted octanol–water partition coefficient (Wildman–Crippen LogP) is 3.90. The standard InChI is InChI=1S/C13H27N/c1-7-8-9-10-11(2)12(3)13(4,5)14-6/h14H,7-10H2,1-6H3. The van der Waals surface area contributed by atoms with Crippen molar-refractivity contribution < 1.29 is 0 Å². The number of nitrogens with one attached hydrogen (secondary N) is 1. The maximum absolute atomic E-state index is 3.35. The minimum atomic E-state index is 0.149. The van der Waals surface area contributed by atoms with Crippen LogP contribution >= 0.6 is 0 Å². The Morgan fingerprint density at radius 2 is 1.71 bits per heavy atom. The van der Waals surface area contributed by atoms with E-state index in [0.29, 0.717) is 0 Å². The molecule has 0 aromatic carbocycles. The van der Waals surface area contributed by atoms with E-state index in [0.717, 1.165) is 0 Å². The molecule has 0 atom stereocenters. The van der Waals surface area contributed by atoms with Crippen molar-refractivity contribution in [3.8, 4) is 0 Å². The van der Waals surface area contributed by atoms with Crippen molar-refractivity contribution in [3.63, 3.8) is 0 Å². The van der Waals surface area contributed by atoms with Crippen LogP contribution in [-0.4, -0.2) is 12.6 Å². The van der Waals surface area contributed by atoms with Crippen molar-refractivity contribution in [1.29, 1.82) is 0 Å². The van der Waals surface area contributed by atoms with E-state index < -0.39 is 0 Å². The monoisotopic (exact) mass is 197 g/mol. The van der Waals surface area contributed by atoms with Gasteiger partial charge in [-0.1, -0.05) is 30.9 Å². The molecular weight excluding hydrogens is 170 g/mol. The molecule has 0 spiro atoms. The normalized spacial score (nSPS) is 14.1. The maximum atomic E-state index is 3.35. The molecular formula is C13H27N. The lowest BCUT2D eigenvalue weighted by Crippen LogP contribution is -2.37. The Bertz CT molecular complexity index is 189. The fourth-order valence-electron chi connectivity index (χ4n) is 1.55. The number of allylic oxidation sites excluding steroid dienone is 1. The Kier molecular flexibility index (Phi) is 6.10. The van der Waals surface area contributed by atoms with Gasteiger partial charge in [0, 0.05) is 5.54 Å². The molecule has 0 aliphatic carbocycles. The van der Waals surface area contributed by atoms with Crippen molar-refractivity contribution in [2.24, 2.45) is 0 Å². The van der Waals surface area contributed by atoms with Crippen LogP contribution in [-0.2, 0) is 0 Å². The molecule has 0 aliphatic rings. The largest absolute Gasteiger partial charge is 0.311 e. The molecule has 0 aromatic rings. The first-order valence-corrected chi connectivity index (χ1v) is 5.81. The molecule has 0 bridgehead atoms. The van der Waals surface area contributed by atoms with Gasteiger partial charge in [-0.05, 0) is 47.6 Å². The summed E-state index contributed by atoms with van der Waals surface area (Å²) in [5.41, 5.74) is 3.20. The minimum absolute atomic E-state index is 0.149. The van der Waals surface area contributed by atoms with Gasteiger partial charge in [0.2, 0.25) is 0 Å². The Morgan fingerprint density at radius 3 is 2.14 bits per heavy atom. The lowest BCUT2D eigenvalue weighted by Gasteiger charge is -2.27. The van der Waals surface area contributed by atoms with Crippen LogP contribution in [0.1, 0.15) is 60.3 Å². The zero-order valence-corrected chi connectivity index (χ0v) is 10.8. The van der Waals surface area contributed by atoms with Crippen molar-refractivity contribution in [3.05, 3.63) is 11.1 Å². The van der Waals surface area contributed by atoms with Gasteiger partial charge in [-0.15, -0.1) is 0 Å². The third-order valence-corrected chi connectivity index (χ3v) is 3.36. The zero-order valence-electron chi connectivity index (χ0n) is 10.8. The molecule has 0 amide bonds. The van der Waals surface area contributed by atoms with Crippen LogP contribution in [0.5, 0.6) is 0 Å². The van der Waals surface area contributed by atoms with Crippen LogP contribution in [0.3, 0.4) is 0 Å². The van der Waals surface area contributed by atoms with Gasteiger partial charge in [0.1, 0.15) is 0 Å². The zero-order chi connectivity index (χ0) is 11.2. The molecule has 0 saturated heterocycles. The number of hydrogen-bond donors (Lipinski definition) is 1. The second-order valence-electron chi connectivity index (χ2n) is 4.74. The Morgan fingerprint density at radius 1 is 1.14 bits per heavy atom. The summed E-state index contributed by atoms with van der Waals surface area (Å²) in [5, 5.41) is 3.35. The van der Waals surface area contributed by atoms with Crippen LogP contribution in [0.2, 0.25) is 0 Å². The minimum Gasteiger partial charge on any atom is -0.311 e. The Labute approximate surface area is 90.0 Å². The Balaban J connectivity index is 4.28. The highest BCUT2D eigenvalue weighted by Crippen LogP contribution is 2.22. The molecule has 0 aromatic heterocycles. The van der Waals surface area contributed by atoms with E-state index in [1.54, 1.807) is 5.57 Å². The van der Waals surface area contributed by atoms with E-state index in [2.05, 4.69) is 39.9 Å². The summed E-state index contributed by atoms with van der Waals surface area (Å²) in [5.74, 6) is 0. The molecule has 0 radical (unpaired) electrons. The van der Waals surface area contributed by atoms with Crippen molar-refractivity contribution in [2.45, 2.75) is 65.8 Å². The predicted molar refractivity (Wildman–Crippen MR) is 65.7 cm³/mol. The summed E-state index contributed by atoms with van der Waals surface area (Å²) >= 11 is 0. The molecule has 1 N–H and O–H groups in total. The average Bonchev–Trinajstić information content (AvgIpc) is 2.17. The van der Waals surface area contributed by atoms with Gasteiger partial charge in [0.25, 0.3) is 0 Å². The third kappa shape index (κ3) is 4.28. The smallest absolute Gasteiger partial charge is 0.0333 e. The highest BCUT2D eigenvalue weighted by atomic mass is 14.9.